The van der Waals surface area contributed by atoms with Crippen LogP contribution in [0, 0.1) is 11.8 Å². The lowest BCUT2D eigenvalue weighted by Gasteiger charge is -2.27. The van der Waals surface area contributed by atoms with E-state index in [2.05, 4.69) is 10.9 Å². The van der Waals surface area contributed by atoms with Crippen LogP contribution in [0.15, 0.2) is 0 Å². The van der Waals surface area contributed by atoms with Gasteiger partial charge in [0.15, 0.2) is 0 Å². The number of hydrazine groups is 1. The van der Waals surface area contributed by atoms with Gasteiger partial charge in [-0.2, -0.15) is 0 Å². The number of aliphatic hydroxyl groups is 1. The Bertz CT molecular complexity index is 310. The Labute approximate surface area is 99.3 Å². The lowest BCUT2D eigenvalue weighted by molar-refractivity contribution is -0.145. The number of nitrogens with two attached hydrogens (primary N) is 1. The number of carboxylic acid groups (broad SMARTS) is 1. The van der Waals surface area contributed by atoms with Crippen LogP contribution < -0.4 is 16.6 Å². The van der Waals surface area contributed by atoms with E-state index >= 15 is 0 Å². The molecular formula is C10H19N3O4. The van der Waals surface area contributed by atoms with Gasteiger partial charge >= 0.3 is 5.97 Å². The summed E-state index contributed by atoms with van der Waals surface area (Å²) in [6, 6.07) is -0.699. The lowest BCUT2D eigenvalue weighted by Crippen LogP contribution is -2.51. The molecule has 1 amide bonds. The molecular weight excluding hydrogens is 226 g/mol. The molecule has 7 nitrogen and oxygen atoms in total. The Morgan fingerprint density at radius 2 is 2.06 bits per heavy atom. The Balaban J connectivity index is 2.63. The number of carboxylic acids is 1. The van der Waals surface area contributed by atoms with E-state index < -0.39 is 30.0 Å². The second-order valence-electron chi connectivity index (χ2n) is 4.53. The van der Waals surface area contributed by atoms with Crippen LogP contribution in [0.2, 0.25) is 0 Å². The van der Waals surface area contributed by atoms with E-state index in [1.807, 2.05) is 0 Å². The molecule has 0 bridgehead atoms. The molecule has 5 atom stereocenters. The standard InChI is InChI=1S/C10H19N3O4/c1-4(12-13-5(2)14)8-7(11)3-6(9(8)15)10(16)17/h4,6-9,12,15H,3,11H2,1-2H3,(H,13,14)(H,16,17). The molecule has 1 rings (SSSR count). The third-order valence-electron chi connectivity index (χ3n) is 3.20. The van der Waals surface area contributed by atoms with Gasteiger partial charge in [0, 0.05) is 24.9 Å². The largest absolute Gasteiger partial charge is 0.481 e. The molecule has 5 unspecified atom stereocenters. The Morgan fingerprint density at radius 3 is 2.47 bits per heavy atom. The van der Waals surface area contributed by atoms with Crippen molar-refractivity contribution in [2.75, 3.05) is 0 Å². The molecule has 0 heterocycles. The van der Waals surface area contributed by atoms with Crippen LogP contribution in [0.3, 0.4) is 0 Å². The van der Waals surface area contributed by atoms with Gasteiger partial charge in [-0.25, -0.2) is 5.43 Å². The molecule has 6 N–H and O–H groups in total. The van der Waals surface area contributed by atoms with E-state index in [1.165, 1.54) is 6.92 Å². The van der Waals surface area contributed by atoms with Crippen LogP contribution in [-0.2, 0) is 9.59 Å². The van der Waals surface area contributed by atoms with Gasteiger partial charge in [0.1, 0.15) is 0 Å². The molecule has 1 aliphatic rings. The number of amides is 1. The predicted molar refractivity (Wildman–Crippen MR) is 59.6 cm³/mol. The summed E-state index contributed by atoms with van der Waals surface area (Å²) in [7, 11) is 0. The van der Waals surface area contributed by atoms with E-state index in [0.29, 0.717) is 0 Å². The highest BCUT2D eigenvalue weighted by molar-refractivity contribution is 5.72. The number of nitrogens with one attached hydrogen (secondary N) is 2. The van der Waals surface area contributed by atoms with Gasteiger partial charge in [-0.3, -0.25) is 15.0 Å². The minimum absolute atomic E-state index is 0.243. The molecule has 0 radical (unpaired) electrons. The van der Waals surface area contributed by atoms with E-state index in [4.69, 9.17) is 10.8 Å². The van der Waals surface area contributed by atoms with Crippen molar-refractivity contribution in [3.63, 3.8) is 0 Å². The topological polar surface area (TPSA) is 125 Å². The summed E-state index contributed by atoms with van der Waals surface area (Å²) in [6.45, 7) is 3.10. The summed E-state index contributed by atoms with van der Waals surface area (Å²) in [6.07, 6.45) is -0.758. The van der Waals surface area contributed by atoms with Crippen LogP contribution >= 0.6 is 0 Å². The second-order valence-corrected chi connectivity index (χ2v) is 4.53. The first-order valence-corrected chi connectivity index (χ1v) is 5.53. The fraction of sp³-hybridized carbons (Fsp3) is 0.800. The fourth-order valence-corrected chi connectivity index (χ4v) is 2.34. The molecule has 17 heavy (non-hydrogen) atoms. The summed E-state index contributed by atoms with van der Waals surface area (Å²) < 4.78 is 0. The number of hydrogen-bond acceptors (Lipinski definition) is 5. The number of aliphatic carboxylic acids is 1. The fourth-order valence-electron chi connectivity index (χ4n) is 2.34. The maximum atomic E-state index is 10.9. The van der Waals surface area contributed by atoms with Crippen molar-refractivity contribution in [3.05, 3.63) is 0 Å². The highest BCUT2D eigenvalue weighted by Gasteiger charge is 2.46. The minimum atomic E-state index is -1.04. The summed E-state index contributed by atoms with van der Waals surface area (Å²) in [4.78, 5) is 21.6. The zero-order chi connectivity index (χ0) is 13.2. The first-order chi connectivity index (χ1) is 7.84. The Morgan fingerprint density at radius 1 is 1.47 bits per heavy atom. The van der Waals surface area contributed by atoms with Crippen molar-refractivity contribution in [3.8, 4) is 0 Å². The van der Waals surface area contributed by atoms with Gasteiger partial charge < -0.3 is 15.9 Å². The number of carbonyl (C=O) groups excluding carboxylic acids is 1. The van der Waals surface area contributed by atoms with Gasteiger partial charge in [0.05, 0.1) is 12.0 Å². The summed E-state index contributed by atoms with van der Waals surface area (Å²) in [5.41, 5.74) is 10.9. The number of carbonyl (C=O) groups is 2. The molecule has 1 fully saturated rings. The zero-order valence-electron chi connectivity index (χ0n) is 9.88. The van der Waals surface area contributed by atoms with E-state index in [-0.39, 0.29) is 18.4 Å². The molecule has 0 aromatic carbocycles. The zero-order valence-corrected chi connectivity index (χ0v) is 9.88. The summed E-state index contributed by atoms with van der Waals surface area (Å²) in [5.74, 6) is -2.53. The molecule has 98 valence electrons. The predicted octanol–water partition coefficient (Wildman–Crippen LogP) is -1.58. The molecule has 0 spiro atoms. The third-order valence-corrected chi connectivity index (χ3v) is 3.20. The van der Waals surface area contributed by atoms with Crippen molar-refractivity contribution in [1.82, 2.24) is 10.9 Å². The van der Waals surface area contributed by atoms with E-state index in [0.717, 1.165) is 0 Å². The van der Waals surface area contributed by atoms with Crippen molar-refractivity contribution in [1.29, 1.82) is 0 Å². The first-order valence-electron chi connectivity index (χ1n) is 5.53. The second kappa shape index (κ2) is 5.44. The van der Waals surface area contributed by atoms with Gasteiger partial charge in [-0.1, -0.05) is 0 Å². The van der Waals surface area contributed by atoms with Crippen LogP contribution in [-0.4, -0.2) is 40.3 Å². The highest BCUT2D eigenvalue weighted by Crippen LogP contribution is 2.32. The SMILES string of the molecule is CC(=O)NNC(C)C1C(N)CC(C(=O)O)C1O. The number of hydrogen-bond donors (Lipinski definition) is 5. The molecule has 0 aromatic rings. The van der Waals surface area contributed by atoms with E-state index in [9.17, 15) is 14.7 Å². The van der Waals surface area contributed by atoms with Crippen molar-refractivity contribution < 1.29 is 19.8 Å². The summed E-state index contributed by atoms with van der Waals surface area (Å²) >= 11 is 0. The van der Waals surface area contributed by atoms with Gasteiger partial charge in [0.25, 0.3) is 0 Å². The maximum absolute atomic E-state index is 10.9. The minimum Gasteiger partial charge on any atom is -0.481 e. The molecule has 0 aromatic heterocycles. The number of aliphatic hydroxyl groups excluding tert-OH is 1. The third kappa shape index (κ3) is 3.15. The quantitative estimate of drug-likeness (QED) is 0.381. The van der Waals surface area contributed by atoms with E-state index in [1.54, 1.807) is 6.92 Å². The molecule has 7 heteroatoms. The van der Waals surface area contributed by atoms with Crippen molar-refractivity contribution >= 4 is 11.9 Å². The van der Waals surface area contributed by atoms with Crippen LogP contribution in [0.5, 0.6) is 0 Å². The molecule has 0 aliphatic heterocycles. The lowest BCUT2D eigenvalue weighted by atomic mass is 9.93. The van der Waals surface area contributed by atoms with Crippen molar-refractivity contribution in [2.45, 2.75) is 38.5 Å². The van der Waals surface area contributed by atoms with Crippen LogP contribution in [0.1, 0.15) is 20.3 Å². The average Bonchev–Trinajstić information content (AvgIpc) is 2.51. The van der Waals surface area contributed by atoms with Gasteiger partial charge in [0.2, 0.25) is 5.91 Å². The molecule has 0 saturated heterocycles. The molecule has 1 saturated carbocycles. The monoisotopic (exact) mass is 245 g/mol. The van der Waals surface area contributed by atoms with Gasteiger partial charge in [-0.05, 0) is 13.3 Å². The Hall–Kier alpha value is -1.18. The van der Waals surface area contributed by atoms with Crippen molar-refractivity contribution in [2.24, 2.45) is 17.6 Å². The summed E-state index contributed by atoms with van der Waals surface area (Å²) in [5, 5.41) is 18.8. The first kappa shape index (κ1) is 13.9. The maximum Gasteiger partial charge on any atom is 0.309 e. The van der Waals surface area contributed by atoms with Gasteiger partial charge in [-0.15, -0.1) is 0 Å². The molecule has 1 aliphatic carbocycles. The number of rotatable bonds is 4. The van der Waals surface area contributed by atoms with Crippen LogP contribution in [0.25, 0.3) is 0 Å². The smallest absolute Gasteiger partial charge is 0.309 e. The van der Waals surface area contributed by atoms with Crippen LogP contribution in [0.4, 0.5) is 0 Å². The Kier molecular flexibility index (Phi) is 4.44. The normalized spacial score (nSPS) is 34.4. The average molecular weight is 245 g/mol. The highest BCUT2D eigenvalue weighted by atomic mass is 16.4.